The first-order valence-electron chi connectivity index (χ1n) is 15.9. The lowest BCUT2D eigenvalue weighted by atomic mass is 10.0. The lowest BCUT2D eigenvalue weighted by Gasteiger charge is -2.35. The number of halogens is 1. The topological polar surface area (TPSA) is 143 Å². The fraction of sp³-hybridized carbons (Fsp3) is 0.441. The summed E-state index contributed by atoms with van der Waals surface area (Å²) >= 11 is 5.97. The molecule has 0 saturated heterocycles. The highest BCUT2D eigenvalue weighted by molar-refractivity contribution is 7.92. The van der Waals surface area contributed by atoms with E-state index in [2.05, 4.69) is 4.72 Å². The molecule has 1 heterocycles. The molecule has 2 N–H and O–H groups in total. The first-order valence-corrected chi connectivity index (χ1v) is 19.2. The summed E-state index contributed by atoms with van der Waals surface area (Å²) in [6.07, 6.45) is 1.24. The maximum absolute atomic E-state index is 14.3. The molecule has 0 fully saturated rings. The summed E-state index contributed by atoms with van der Waals surface area (Å²) in [5.74, 6) is -0.572. The van der Waals surface area contributed by atoms with Crippen LogP contribution in [0.15, 0.2) is 82.6 Å². The number of fused-ring (bicyclic) bond motifs is 1. The SMILES string of the molecule is C[C@H]1CCCCO[C@@H](CN(C)S(=O)(=O)c2ccc(Cl)cc2)[C@@H](C)CN([C@@H](C)CO)C(=O)c2cc(NS(=O)(=O)c3ccccc3)ccc2O1. The van der Waals surface area contributed by atoms with Crippen LogP contribution in [0.1, 0.15) is 50.4 Å². The van der Waals surface area contributed by atoms with Gasteiger partial charge in [-0.1, -0.05) is 36.7 Å². The highest BCUT2D eigenvalue weighted by Crippen LogP contribution is 2.30. The van der Waals surface area contributed by atoms with E-state index in [0.717, 1.165) is 6.42 Å². The summed E-state index contributed by atoms with van der Waals surface area (Å²) in [4.78, 5) is 16.0. The Morgan fingerprint density at radius 2 is 1.69 bits per heavy atom. The standard InChI is InChI=1S/C34H44ClN3O8S2/c1-24-21-38(25(2)23-39)34(40)31-20-28(36-47(41,42)29-11-6-5-7-12-29)15-18-32(31)46-26(3)10-8-9-19-45-33(24)22-37(4)48(43,44)30-16-13-27(35)14-17-30/h5-7,11-18,20,24-26,33,36,39H,8-10,19,21-23H2,1-4H3/t24-,25-,26-,33-/m0/s1. The van der Waals surface area contributed by atoms with Crippen molar-refractivity contribution < 1.29 is 36.2 Å². The van der Waals surface area contributed by atoms with Gasteiger partial charge in [-0.25, -0.2) is 16.8 Å². The molecule has 0 spiro atoms. The number of hydrogen-bond acceptors (Lipinski definition) is 8. The van der Waals surface area contributed by atoms with Crippen LogP contribution in [0, 0.1) is 5.92 Å². The van der Waals surface area contributed by atoms with Crippen LogP contribution in [-0.2, 0) is 24.8 Å². The third-order valence-corrected chi connectivity index (χ3v) is 11.8. The number of benzene rings is 3. The number of sulfonamides is 2. The summed E-state index contributed by atoms with van der Waals surface area (Å²) in [6, 6.07) is 17.8. The Morgan fingerprint density at radius 1 is 1.00 bits per heavy atom. The van der Waals surface area contributed by atoms with Crippen molar-refractivity contribution in [1.82, 2.24) is 9.21 Å². The molecule has 3 aromatic carbocycles. The summed E-state index contributed by atoms with van der Waals surface area (Å²) < 4.78 is 69.3. The van der Waals surface area contributed by atoms with Gasteiger partial charge in [0.2, 0.25) is 10.0 Å². The largest absolute Gasteiger partial charge is 0.490 e. The van der Waals surface area contributed by atoms with E-state index in [1.807, 2.05) is 13.8 Å². The van der Waals surface area contributed by atoms with Gasteiger partial charge in [0.05, 0.1) is 40.2 Å². The second-order valence-corrected chi connectivity index (χ2v) is 16.3. The Bertz CT molecular complexity index is 1740. The number of carbonyl (C=O) groups excluding carboxylic acids is 1. The van der Waals surface area contributed by atoms with Crippen molar-refractivity contribution in [3.05, 3.63) is 83.4 Å². The molecular formula is C34H44ClN3O8S2. The minimum Gasteiger partial charge on any atom is -0.490 e. The van der Waals surface area contributed by atoms with E-state index in [9.17, 15) is 26.7 Å². The van der Waals surface area contributed by atoms with Crippen LogP contribution in [0.2, 0.25) is 5.02 Å². The van der Waals surface area contributed by atoms with Gasteiger partial charge < -0.3 is 19.5 Å². The number of likely N-dealkylation sites (N-methyl/N-ethyl adjacent to an activating group) is 1. The quantitative estimate of drug-likeness (QED) is 0.305. The molecule has 48 heavy (non-hydrogen) atoms. The summed E-state index contributed by atoms with van der Waals surface area (Å²) in [6.45, 7) is 5.61. The van der Waals surface area contributed by atoms with Crippen molar-refractivity contribution in [1.29, 1.82) is 0 Å². The van der Waals surface area contributed by atoms with Crippen LogP contribution >= 0.6 is 11.6 Å². The van der Waals surface area contributed by atoms with Crippen LogP contribution in [0.5, 0.6) is 5.75 Å². The predicted octanol–water partition coefficient (Wildman–Crippen LogP) is 5.26. The average Bonchev–Trinajstić information content (AvgIpc) is 3.06. The lowest BCUT2D eigenvalue weighted by molar-refractivity contribution is -0.00833. The molecule has 0 aliphatic carbocycles. The molecule has 1 amide bonds. The van der Waals surface area contributed by atoms with E-state index in [4.69, 9.17) is 21.1 Å². The number of aliphatic hydroxyl groups is 1. The second kappa shape index (κ2) is 16.5. The maximum atomic E-state index is 14.3. The van der Waals surface area contributed by atoms with Gasteiger partial charge >= 0.3 is 0 Å². The smallest absolute Gasteiger partial charge is 0.261 e. The van der Waals surface area contributed by atoms with E-state index >= 15 is 0 Å². The lowest BCUT2D eigenvalue weighted by Crippen LogP contribution is -2.48. The summed E-state index contributed by atoms with van der Waals surface area (Å²) in [7, 11) is -6.33. The van der Waals surface area contributed by atoms with Crippen LogP contribution in [-0.4, -0.2) is 88.7 Å². The van der Waals surface area contributed by atoms with E-state index in [1.165, 1.54) is 58.7 Å². The number of ether oxygens (including phenoxy) is 2. The number of amides is 1. The zero-order valence-electron chi connectivity index (χ0n) is 27.6. The van der Waals surface area contributed by atoms with Crippen LogP contribution in [0.4, 0.5) is 5.69 Å². The van der Waals surface area contributed by atoms with Gasteiger partial charge in [0.25, 0.3) is 15.9 Å². The average molecular weight is 722 g/mol. The fourth-order valence-corrected chi connectivity index (χ4v) is 7.78. The summed E-state index contributed by atoms with van der Waals surface area (Å²) in [5.41, 5.74) is 0.294. The van der Waals surface area contributed by atoms with Gasteiger partial charge in [0.15, 0.2) is 0 Å². The molecule has 262 valence electrons. The first-order chi connectivity index (χ1) is 22.7. The number of anilines is 1. The normalized spacial score (nSPS) is 20.8. The number of nitrogens with one attached hydrogen (secondary N) is 1. The first kappa shape index (κ1) is 37.6. The predicted molar refractivity (Wildman–Crippen MR) is 185 cm³/mol. The molecule has 0 aromatic heterocycles. The van der Waals surface area contributed by atoms with Crippen molar-refractivity contribution in [3.8, 4) is 5.75 Å². The minimum absolute atomic E-state index is 0.0170. The molecule has 1 aliphatic rings. The Kier molecular flexibility index (Phi) is 12.9. The zero-order chi connectivity index (χ0) is 35.1. The van der Waals surface area contributed by atoms with Crippen molar-refractivity contribution in [2.45, 2.75) is 68.1 Å². The third kappa shape index (κ3) is 9.48. The second-order valence-electron chi connectivity index (χ2n) is 12.2. The van der Waals surface area contributed by atoms with Crippen molar-refractivity contribution in [3.63, 3.8) is 0 Å². The molecule has 11 nitrogen and oxygen atoms in total. The van der Waals surface area contributed by atoms with Crippen LogP contribution < -0.4 is 9.46 Å². The molecular weight excluding hydrogens is 678 g/mol. The van der Waals surface area contributed by atoms with Gasteiger partial charge in [0, 0.05) is 43.4 Å². The summed E-state index contributed by atoms with van der Waals surface area (Å²) in [5, 5.41) is 10.6. The van der Waals surface area contributed by atoms with Crippen LogP contribution in [0.25, 0.3) is 0 Å². The number of rotatable bonds is 9. The Morgan fingerprint density at radius 3 is 2.35 bits per heavy atom. The number of hydrogen-bond donors (Lipinski definition) is 2. The fourth-order valence-electron chi connectivity index (χ4n) is 5.40. The van der Waals surface area contributed by atoms with E-state index in [-0.39, 0.29) is 58.5 Å². The molecule has 0 bridgehead atoms. The molecule has 4 atom stereocenters. The van der Waals surface area contributed by atoms with E-state index < -0.39 is 38.1 Å². The Hall–Kier alpha value is -3.20. The van der Waals surface area contributed by atoms with Gasteiger partial charge in [-0.05, 0) is 87.7 Å². The minimum atomic E-state index is -3.95. The van der Waals surface area contributed by atoms with Gasteiger partial charge in [0.1, 0.15) is 5.75 Å². The Balaban J connectivity index is 1.67. The molecule has 14 heteroatoms. The number of aliphatic hydroxyl groups excluding tert-OH is 1. The monoisotopic (exact) mass is 721 g/mol. The number of carbonyl (C=O) groups is 1. The van der Waals surface area contributed by atoms with E-state index in [1.54, 1.807) is 37.3 Å². The molecule has 0 radical (unpaired) electrons. The molecule has 0 saturated carbocycles. The third-order valence-electron chi connectivity index (χ3n) is 8.32. The maximum Gasteiger partial charge on any atom is 0.261 e. The molecule has 1 aliphatic heterocycles. The van der Waals surface area contributed by atoms with Crippen molar-refractivity contribution in [2.24, 2.45) is 5.92 Å². The van der Waals surface area contributed by atoms with Gasteiger partial charge in [-0.2, -0.15) is 4.31 Å². The molecule has 3 aromatic rings. The van der Waals surface area contributed by atoms with Crippen molar-refractivity contribution >= 4 is 43.2 Å². The van der Waals surface area contributed by atoms with Gasteiger partial charge in [-0.3, -0.25) is 9.52 Å². The highest BCUT2D eigenvalue weighted by atomic mass is 35.5. The number of nitrogens with zero attached hydrogens (tertiary/aromatic N) is 2. The van der Waals surface area contributed by atoms with E-state index in [0.29, 0.717) is 24.5 Å². The Labute approximate surface area is 288 Å². The molecule has 0 unspecified atom stereocenters. The van der Waals surface area contributed by atoms with Gasteiger partial charge in [-0.15, -0.1) is 0 Å². The van der Waals surface area contributed by atoms with Crippen molar-refractivity contribution in [2.75, 3.05) is 38.1 Å². The highest BCUT2D eigenvalue weighted by Gasteiger charge is 2.32. The zero-order valence-corrected chi connectivity index (χ0v) is 30.0. The van der Waals surface area contributed by atoms with Crippen LogP contribution in [0.3, 0.4) is 0 Å². The molecule has 4 rings (SSSR count).